The lowest BCUT2D eigenvalue weighted by Crippen LogP contribution is -2.46. The lowest BCUT2D eigenvalue weighted by Gasteiger charge is -2.19. The number of amides is 2. The summed E-state index contributed by atoms with van der Waals surface area (Å²) in [6.45, 7) is 4.14. The van der Waals surface area contributed by atoms with Gasteiger partial charge in [-0.05, 0) is 5.92 Å². The van der Waals surface area contributed by atoms with Crippen LogP contribution >= 0.6 is 0 Å². The number of carbonyl (C=O) groups is 3. The van der Waals surface area contributed by atoms with Gasteiger partial charge in [-0.3, -0.25) is 19.0 Å². The smallest absolute Gasteiger partial charge is 0.326 e. The molecule has 1 heterocycles. The van der Waals surface area contributed by atoms with E-state index in [9.17, 15) is 24.3 Å². The Labute approximate surface area is 161 Å². The Morgan fingerprint density at radius 1 is 1.18 bits per heavy atom. The molecule has 0 spiro atoms. The molecule has 148 valence electrons. The third-order valence-electron chi connectivity index (χ3n) is 3.94. The molecule has 2 aromatic rings. The number of hydrogen-bond donors (Lipinski definition) is 3. The Hall–Kier alpha value is -3.49. The summed E-state index contributed by atoms with van der Waals surface area (Å²) < 4.78 is 1.11. The Kier molecular flexibility index (Phi) is 6.64. The molecule has 0 saturated heterocycles. The van der Waals surface area contributed by atoms with Gasteiger partial charge in [0.05, 0.1) is 6.20 Å². The second-order valence-electron chi connectivity index (χ2n) is 6.56. The van der Waals surface area contributed by atoms with E-state index in [1.54, 1.807) is 44.2 Å². The Bertz CT molecular complexity index is 937. The number of carboxylic acid groups (broad SMARTS) is 1. The second-order valence-corrected chi connectivity index (χ2v) is 6.56. The van der Waals surface area contributed by atoms with Crippen LogP contribution in [0.4, 0.5) is 5.69 Å². The van der Waals surface area contributed by atoms with Gasteiger partial charge in [0.1, 0.15) is 24.1 Å². The molecular formula is C19H22N4O5. The SMILES string of the molecule is CC(=O)Nc1cnc(-c2ccccc2)n(CC(=O)NC(C(=O)O)C(C)C)c1=O. The van der Waals surface area contributed by atoms with Crippen LogP contribution in [-0.4, -0.2) is 38.5 Å². The molecular weight excluding hydrogens is 364 g/mol. The number of hydrogen-bond acceptors (Lipinski definition) is 5. The van der Waals surface area contributed by atoms with Gasteiger partial charge in [-0.15, -0.1) is 0 Å². The summed E-state index contributed by atoms with van der Waals surface area (Å²) in [7, 11) is 0. The van der Waals surface area contributed by atoms with E-state index in [0.717, 1.165) is 4.57 Å². The predicted octanol–water partition coefficient (Wildman–Crippen LogP) is 1.09. The maximum Gasteiger partial charge on any atom is 0.326 e. The van der Waals surface area contributed by atoms with Gasteiger partial charge in [-0.1, -0.05) is 44.2 Å². The van der Waals surface area contributed by atoms with Crippen molar-refractivity contribution in [1.29, 1.82) is 0 Å². The van der Waals surface area contributed by atoms with Crippen molar-refractivity contribution in [3.63, 3.8) is 0 Å². The highest BCUT2D eigenvalue weighted by atomic mass is 16.4. The van der Waals surface area contributed by atoms with Crippen molar-refractivity contribution < 1.29 is 19.5 Å². The summed E-state index contributed by atoms with van der Waals surface area (Å²) >= 11 is 0. The molecule has 3 N–H and O–H groups in total. The fourth-order valence-corrected chi connectivity index (χ4v) is 2.61. The van der Waals surface area contributed by atoms with Crippen molar-refractivity contribution in [2.75, 3.05) is 5.32 Å². The fourth-order valence-electron chi connectivity index (χ4n) is 2.61. The van der Waals surface area contributed by atoms with Crippen LogP contribution in [-0.2, 0) is 20.9 Å². The van der Waals surface area contributed by atoms with Crippen molar-refractivity contribution in [3.8, 4) is 11.4 Å². The van der Waals surface area contributed by atoms with Crippen LogP contribution in [0.1, 0.15) is 20.8 Å². The summed E-state index contributed by atoms with van der Waals surface area (Å²) in [5.74, 6) is -2.37. The van der Waals surface area contributed by atoms with Gasteiger partial charge < -0.3 is 15.7 Å². The molecule has 9 heteroatoms. The van der Waals surface area contributed by atoms with Crippen LogP contribution in [0.2, 0.25) is 0 Å². The Balaban J connectivity index is 2.44. The zero-order valence-corrected chi connectivity index (χ0v) is 15.8. The zero-order chi connectivity index (χ0) is 20.8. The number of aliphatic carboxylic acids is 1. The molecule has 1 aromatic carbocycles. The topological polar surface area (TPSA) is 130 Å². The maximum atomic E-state index is 12.8. The molecule has 0 aliphatic heterocycles. The summed E-state index contributed by atoms with van der Waals surface area (Å²) in [4.78, 5) is 52.1. The molecule has 1 unspecified atom stereocenters. The molecule has 2 rings (SSSR count). The number of anilines is 1. The van der Waals surface area contributed by atoms with Gasteiger partial charge in [0, 0.05) is 12.5 Å². The number of aromatic nitrogens is 2. The first-order valence-electron chi connectivity index (χ1n) is 8.65. The normalized spacial score (nSPS) is 11.7. The first-order chi connectivity index (χ1) is 13.2. The minimum absolute atomic E-state index is 0.0707. The largest absolute Gasteiger partial charge is 0.480 e. The molecule has 2 amide bonds. The van der Waals surface area contributed by atoms with E-state index in [1.165, 1.54) is 13.1 Å². The van der Waals surface area contributed by atoms with Crippen molar-refractivity contribution in [1.82, 2.24) is 14.9 Å². The van der Waals surface area contributed by atoms with Gasteiger partial charge in [0.2, 0.25) is 11.8 Å². The monoisotopic (exact) mass is 386 g/mol. The van der Waals surface area contributed by atoms with E-state index >= 15 is 0 Å². The van der Waals surface area contributed by atoms with E-state index in [1.807, 2.05) is 0 Å². The fraction of sp³-hybridized carbons (Fsp3) is 0.316. The number of benzene rings is 1. The maximum absolute atomic E-state index is 12.8. The van der Waals surface area contributed by atoms with Crippen LogP contribution in [0.5, 0.6) is 0 Å². The van der Waals surface area contributed by atoms with Crippen molar-refractivity contribution in [3.05, 3.63) is 46.9 Å². The quantitative estimate of drug-likeness (QED) is 0.653. The van der Waals surface area contributed by atoms with Crippen LogP contribution in [0, 0.1) is 5.92 Å². The number of rotatable bonds is 7. The Morgan fingerprint density at radius 3 is 2.36 bits per heavy atom. The van der Waals surface area contributed by atoms with Gasteiger partial charge in [-0.2, -0.15) is 0 Å². The first-order valence-corrected chi connectivity index (χ1v) is 8.65. The lowest BCUT2D eigenvalue weighted by molar-refractivity contribution is -0.143. The summed E-state index contributed by atoms with van der Waals surface area (Å²) in [6, 6.07) is 7.67. The molecule has 0 radical (unpaired) electrons. The lowest BCUT2D eigenvalue weighted by atomic mass is 10.0. The molecule has 1 aromatic heterocycles. The van der Waals surface area contributed by atoms with Gasteiger partial charge in [-0.25, -0.2) is 9.78 Å². The average molecular weight is 386 g/mol. The zero-order valence-electron chi connectivity index (χ0n) is 15.8. The third-order valence-corrected chi connectivity index (χ3v) is 3.94. The number of carbonyl (C=O) groups excluding carboxylic acids is 2. The molecule has 1 atom stereocenters. The molecule has 0 saturated carbocycles. The van der Waals surface area contributed by atoms with Crippen LogP contribution in [0.3, 0.4) is 0 Å². The summed E-state index contributed by atoms with van der Waals surface area (Å²) in [5, 5.41) is 14.0. The molecule has 0 aliphatic carbocycles. The summed E-state index contributed by atoms with van der Waals surface area (Å²) in [6.07, 6.45) is 1.23. The number of nitrogens with one attached hydrogen (secondary N) is 2. The van der Waals surface area contributed by atoms with E-state index in [4.69, 9.17) is 0 Å². The molecule has 0 bridgehead atoms. The van der Waals surface area contributed by atoms with E-state index in [-0.39, 0.29) is 17.4 Å². The molecule has 28 heavy (non-hydrogen) atoms. The van der Waals surface area contributed by atoms with E-state index < -0.39 is 35.9 Å². The first kappa shape index (κ1) is 20.8. The Morgan fingerprint density at radius 2 is 1.82 bits per heavy atom. The summed E-state index contributed by atoms with van der Waals surface area (Å²) in [5.41, 5.74) is -0.0883. The van der Waals surface area contributed by atoms with Crippen LogP contribution in [0.25, 0.3) is 11.4 Å². The highest BCUT2D eigenvalue weighted by Gasteiger charge is 2.24. The molecule has 9 nitrogen and oxygen atoms in total. The highest BCUT2D eigenvalue weighted by Crippen LogP contribution is 2.16. The van der Waals surface area contributed by atoms with Crippen molar-refractivity contribution in [2.24, 2.45) is 5.92 Å². The van der Waals surface area contributed by atoms with Gasteiger partial charge >= 0.3 is 5.97 Å². The van der Waals surface area contributed by atoms with Crippen LogP contribution in [0.15, 0.2) is 41.3 Å². The van der Waals surface area contributed by atoms with E-state index in [0.29, 0.717) is 5.56 Å². The predicted molar refractivity (Wildman–Crippen MR) is 103 cm³/mol. The van der Waals surface area contributed by atoms with Gasteiger partial charge in [0.25, 0.3) is 5.56 Å². The van der Waals surface area contributed by atoms with Crippen LogP contribution < -0.4 is 16.2 Å². The number of nitrogens with zero attached hydrogens (tertiary/aromatic N) is 2. The van der Waals surface area contributed by atoms with Gasteiger partial charge in [0.15, 0.2) is 0 Å². The minimum atomic E-state index is -1.16. The average Bonchev–Trinajstić information content (AvgIpc) is 2.63. The van der Waals surface area contributed by atoms with Crippen molar-refractivity contribution in [2.45, 2.75) is 33.4 Å². The number of carboxylic acids is 1. The van der Waals surface area contributed by atoms with E-state index in [2.05, 4.69) is 15.6 Å². The highest BCUT2D eigenvalue weighted by molar-refractivity contribution is 5.88. The minimum Gasteiger partial charge on any atom is -0.480 e. The molecule has 0 aliphatic rings. The third kappa shape index (κ3) is 5.03. The second kappa shape index (κ2) is 8.94. The van der Waals surface area contributed by atoms with Crippen molar-refractivity contribution >= 4 is 23.5 Å². The molecule has 0 fully saturated rings. The standard InChI is InChI=1S/C19H22N4O5/c1-11(2)16(19(27)28)22-15(25)10-23-17(13-7-5-4-6-8-13)20-9-14(18(23)26)21-12(3)24/h4-9,11,16H,10H2,1-3H3,(H,21,24)(H,22,25)(H,27,28).